The molecule has 2 aromatic carbocycles. The van der Waals surface area contributed by atoms with Gasteiger partial charge in [-0.05, 0) is 36.4 Å². The quantitative estimate of drug-likeness (QED) is 0.644. The average Bonchev–Trinajstić information content (AvgIpc) is 2.33. The maximum Gasteiger partial charge on any atom is 0.123 e. The lowest BCUT2D eigenvalue weighted by atomic mass is 10.3. The maximum atomic E-state index is 12.7. The minimum atomic E-state index is -0.272. The second-order valence-electron chi connectivity index (χ2n) is 3.24. The second kappa shape index (κ2) is 4.86. The first-order chi connectivity index (χ1) is 7.75. The van der Waals surface area contributed by atoms with Crippen LogP contribution in [0.3, 0.4) is 0 Å². The minimum Gasteiger partial charge on any atom is -0.284 e. The van der Waals surface area contributed by atoms with E-state index in [9.17, 15) is 4.39 Å². The normalized spacial score (nSPS) is 9.88. The Bertz CT molecular complexity index is 444. The number of hydrazine groups is 1. The van der Waals surface area contributed by atoms with Gasteiger partial charge in [0.15, 0.2) is 0 Å². The Morgan fingerprint density at radius 1 is 0.938 bits per heavy atom. The Morgan fingerprint density at radius 2 is 1.56 bits per heavy atom. The Labute approximate surface area is 98.3 Å². The van der Waals surface area contributed by atoms with Gasteiger partial charge in [-0.3, -0.25) is 5.43 Å². The van der Waals surface area contributed by atoms with Crippen LogP contribution in [-0.4, -0.2) is 0 Å². The Balaban J connectivity index is 2.08. The summed E-state index contributed by atoms with van der Waals surface area (Å²) < 4.78 is 14.0. The van der Waals surface area contributed by atoms with Crippen molar-refractivity contribution in [2.75, 3.05) is 9.95 Å². The fourth-order valence-corrected chi connectivity index (χ4v) is 1.47. The van der Waals surface area contributed by atoms with Gasteiger partial charge >= 0.3 is 0 Å². The summed E-state index contributed by atoms with van der Waals surface area (Å²) in [6, 6.07) is 15.4. The molecule has 0 aromatic heterocycles. The number of hydrogen-bond donors (Lipinski definition) is 1. The largest absolute Gasteiger partial charge is 0.284 e. The molecule has 0 unspecified atom stereocenters. The third-order valence-corrected chi connectivity index (χ3v) is 2.33. The zero-order valence-corrected chi connectivity index (χ0v) is 9.16. The lowest BCUT2D eigenvalue weighted by Gasteiger charge is -2.17. The molecule has 0 radical (unpaired) electrons. The lowest BCUT2D eigenvalue weighted by molar-refractivity contribution is 0.628. The molecule has 0 aliphatic carbocycles. The van der Waals surface area contributed by atoms with Crippen LogP contribution in [0.15, 0.2) is 54.6 Å². The highest BCUT2D eigenvalue weighted by atomic mass is 35.5. The molecule has 2 nitrogen and oxygen atoms in total. The molecule has 2 rings (SSSR count). The van der Waals surface area contributed by atoms with Crippen LogP contribution in [0.2, 0.25) is 0 Å². The molecule has 0 aliphatic heterocycles. The van der Waals surface area contributed by atoms with Crippen LogP contribution in [0.1, 0.15) is 0 Å². The molecule has 0 amide bonds. The van der Waals surface area contributed by atoms with E-state index in [2.05, 4.69) is 5.43 Å². The molecule has 0 spiro atoms. The van der Waals surface area contributed by atoms with Gasteiger partial charge in [-0.2, -0.15) is 4.53 Å². The van der Waals surface area contributed by atoms with Crippen LogP contribution in [0.5, 0.6) is 0 Å². The molecule has 0 atom stereocenters. The second-order valence-corrected chi connectivity index (χ2v) is 3.57. The number of rotatable bonds is 3. The molecule has 0 bridgehead atoms. The highest BCUT2D eigenvalue weighted by Gasteiger charge is 2.01. The molecular weight excluding hydrogens is 227 g/mol. The van der Waals surface area contributed by atoms with Crippen molar-refractivity contribution >= 4 is 23.2 Å². The van der Waals surface area contributed by atoms with Crippen molar-refractivity contribution in [2.24, 2.45) is 0 Å². The van der Waals surface area contributed by atoms with Crippen LogP contribution in [-0.2, 0) is 0 Å². The van der Waals surface area contributed by atoms with E-state index in [0.717, 1.165) is 11.4 Å². The molecule has 16 heavy (non-hydrogen) atoms. The Morgan fingerprint density at radius 3 is 2.19 bits per heavy atom. The Kier molecular flexibility index (Phi) is 3.27. The summed E-state index contributed by atoms with van der Waals surface area (Å²) in [7, 11) is 0. The summed E-state index contributed by atoms with van der Waals surface area (Å²) in [4.78, 5) is 0. The van der Waals surface area contributed by atoms with E-state index >= 15 is 0 Å². The lowest BCUT2D eigenvalue weighted by Crippen LogP contribution is -2.18. The number of para-hydroxylation sites is 1. The molecule has 0 fully saturated rings. The monoisotopic (exact) mass is 236 g/mol. The van der Waals surface area contributed by atoms with Gasteiger partial charge < -0.3 is 0 Å². The van der Waals surface area contributed by atoms with Crippen LogP contribution in [0.4, 0.5) is 15.8 Å². The van der Waals surface area contributed by atoms with Crippen molar-refractivity contribution in [3.8, 4) is 0 Å². The van der Waals surface area contributed by atoms with Crippen LogP contribution < -0.4 is 9.95 Å². The topological polar surface area (TPSA) is 15.3 Å². The van der Waals surface area contributed by atoms with Gasteiger partial charge in [-0.25, -0.2) is 4.39 Å². The van der Waals surface area contributed by atoms with Crippen molar-refractivity contribution in [2.45, 2.75) is 0 Å². The average molecular weight is 237 g/mol. The zero-order valence-electron chi connectivity index (χ0n) is 8.40. The first-order valence-electron chi connectivity index (χ1n) is 4.79. The standard InChI is InChI=1S/C12H10ClFN2/c13-16(12-4-2-1-3-5-12)15-11-8-6-10(14)7-9-11/h1-9,15H. The molecule has 82 valence electrons. The minimum absolute atomic E-state index is 0.272. The molecular formula is C12H10ClFN2. The van der Waals surface area contributed by atoms with Crippen LogP contribution in [0, 0.1) is 5.82 Å². The van der Waals surface area contributed by atoms with E-state index in [1.54, 1.807) is 12.1 Å². The van der Waals surface area contributed by atoms with Gasteiger partial charge in [-0.1, -0.05) is 18.2 Å². The molecule has 0 saturated carbocycles. The van der Waals surface area contributed by atoms with E-state index in [0.29, 0.717) is 0 Å². The SMILES string of the molecule is Fc1ccc(NN(Cl)c2ccccc2)cc1. The Hall–Kier alpha value is -1.74. The van der Waals surface area contributed by atoms with Crippen molar-refractivity contribution < 1.29 is 4.39 Å². The summed E-state index contributed by atoms with van der Waals surface area (Å²) in [6.07, 6.45) is 0. The predicted molar refractivity (Wildman–Crippen MR) is 64.8 cm³/mol. The van der Waals surface area contributed by atoms with Gasteiger partial charge in [0.1, 0.15) is 5.82 Å². The van der Waals surface area contributed by atoms with Crippen molar-refractivity contribution in [3.05, 3.63) is 60.4 Å². The first-order valence-corrected chi connectivity index (χ1v) is 5.13. The fourth-order valence-electron chi connectivity index (χ4n) is 1.26. The van der Waals surface area contributed by atoms with Gasteiger partial charge in [0, 0.05) is 11.8 Å². The molecule has 4 heteroatoms. The van der Waals surface area contributed by atoms with E-state index in [4.69, 9.17) is 11.8 Å². The smallest absolute Gasteiger partial charge is 0.123 e. The maximum absolute atomic E-state index is 12.7. The molecule has 1 N–H and O–H groups in total. The third kappa shape index (κ3) is 2.64. The van der Waals surface area contributed by atoms with Crippen LogP contribution in [0.25, 0.3) is 0 Å². The molecule has 0 saturated heterocycles. The van der Waals surface area contributed by atoms with Crippen LogP contribution >= 0.6 is 11.8 Å². The summed E-state index contributed by atoms with van der Waals surface area (Å²) >= 11 is 6.01. The predicted octanol–water partition coefficient (Wildman–Crippen LogP) is 3.81. The zero-order chi connectivity index (χ0) is 11.4. The summed E-state index contributed by atoms with van der Waals surface area (Å²) in [5.41, 5.74) is 4.45. The van der Waals surface area contributed by atoms with E-state index in [1.165, 1.54) is 16.7 Å². The highest BCUT2D eigenvalue weighted by molar-refractivity contribution is 6.26. The third-order valence-electron chi connectivity index (χ3n) is 2.05. The number of benzene rings is 2. The van der Waals surface area contributed by atoms with Gasteiger partial charge in [0.25, 0.3) is 0 Å². The summed E-state index contributed by atoms with van der Waals surface area (Å²) in [6.45, 7) is 0. The van der Waals surface area contributed by atoms with E-state index in [1.807, 2.05) is 30.3 Å². The number of anilines is 2. The number of halogens is 2. The molecule has 0 heterocycles. The van der Waals surface area contributed by atoms with Crippen molar-refractivity contribution in [1.82, 2.24) is 0 Å². The van der Waals surface area contributed by atoms with Gasteiger partial charge in [0.05, 0.1) is 11.4 Å². The highest BCUT2D eigenvalue weighted by Crippen LogP contribution is 2.18. The molecule has 0 aliphatic rings. The summed E-state index contributed by atoms with van der Waals surface area (Å²) in [5.74, 6) is -0.272. The first kappa shape index (κ1) is 10.8. The number of nitrogens with zero attached hydrogens (tertiary/aromatic N) is 1. The number of nitrogens with one attached hydrogen (secondary N) is 1. The van der Waals surface area contributed by atoms with Gasteiger partial charge in [0.2, 0.25) is 0 Å². The molecule has 2 aromatic rings. The fraction of sp³-hybridized carbons (Fsp3) is 0. The van der Waals surface area contributed by atoms with Crippen molar-refractivity contribution in [1.29, 1.82) is 0 Å². The van der Waals surface area contributed by atoms with E-state index in [-0.39, 0.29) is 5.82 Å². The van der Waals surface area contributed by atoms with Gasteiger partial charge in [-0.15, -0.1) is 0 Å². The van der Waals surface area contributed by atoms with Crippen molar-refractivity contribution in [3.63, 3.8) is 0 Å². The van der Waals surface area contributed by atoms with E-state index < -0.39 is 0 Å². The summed E-state index contributed by atoms with van der Waals surface area (Å²) in [5, 5.41) is 0. The number of hydrogen-bond acceptors (Lipinski definition) is 2.